The monoisotopic (exact) mass is 1130 g/mol. The number of nitrogens with one attached hydrogen (secondary N) is 1. The molecule has 0 saturated carbocycles. The molecule has 0 aliphatic carbocycles. The van der Waals surface area contributed by atoms with E-state index in [1.807, 2.05) is 138 Å². The number of hydrogen-bond acceptors (Lipinski definition) is 16. The lowest BCUT2D eigenvalue weighted by atomic mass is 9.77. The van der Waals surface area contributed by atoms with Crippen LogP contribution in [0.5, 0.6) is 23.0 Å². The number of ether oxygens (including phenoxy) is 8. The van der Waals surface area contributed by atoms with E-state index in [4.69, 9.17) is 61.9 Å². The van der Waals surface area contributed by atoms with Crippen molar-refractivity contribution in [1.29, 1.82) is 5.26 Å². The third-order valence-electron chi connectivity index (χ3n) is 14.6. The highest BCUT2D eigenvalue weighted by Gasteiger charge is 2.52. The number of nitriles is 1. The van der Waals surface area contributed by atoms with Crippen molar-refractivity contribution in [3.63, 3.8) is 0 Å². The zero-order valence-corrected chi connectivity index (χ0v) is 48.8. The Morgan fingerprint density at radius 3 is 1.59 bits per heavy atom. The molecular formula is C64H72N7O10P. The fourth-order valence-corrected chi connectivity index (χ4v) is 12.5. The van der Waals surface area contributed by atoms with Crippen molar-refractivity contribution in [3.8, 4) is 29.1 Å². The first kappa shape index (κ1) is 59.1. The largest absolute Gasteiger partial charge is 0.497 e. The summed E-state index contributed by atoms with van der Waals surface area (Å²) in [5.41, 5.74) is 3.97. The molecule has 9 rings (SSSR count). The van der Waals surface area contributed by atoms with Crippen LogP contribution in [0.4, 0.5) is 5.82 Å². The average Bonchev–Trinajstić information content (AvgIpc) is 3.33. The standard InChI is InChI=1S/C64H72N7O10P/c1-44(2)71(45(3)4)82(79-38-16-37-65)81-58-56(41-78-64(49-19-14-11-15-20-49,50-25-33-54(75-8)34-26-50)51-27-35-55(76-9)36-28-51)80-62(59(58)77-40-39-72-5)70-43-68-57-60(66-42-67-61(57)70)69-63(46-17-12-10-13-18-46,47-21-29-52(73-6)30-22-47)48-23-31-53(74-7)32-24-48/h10-15,17-36,42-45,56,58-59,62H,16,38-41H2,1-9H3,(H,66,67,69)/t56-,58-,59-,62-,82?/m1/s1. The number of fused-ring (bicyclic) bond motifs is 1. The number of nitrogens with zero attached hydrogens (tertiary/aromatic N) is 6. The molecule has 0 spiro atoms. The van der Waals surface area contributed by atoms with Gasteiger partial charge in [0.25, 0.3) is 8.53 Å². The molecule has 1 aliphatic rings. The number of aromatic nitrogens is 4. The summed E-state index contributed by atoms with van der Waals surface area (Å²) in [6.07, 6.45) is -0.0577. The van der Waals surface area contributed by atoms with Gasteiger partial charge in [0.2, 0.25) is 0 Å². The van der Waals surface area contributed by atoms with Crippen molar-refractivity contribution < 1.29 is 46.9 Å². The lowest BCUT2D eigenvalue weighted by Crippen LogP contribution is -2.43. The zero-order valence-electron chi connectivity index (χ0n) is 47.9. The summed E-state index contributed by atoms with van der Waals surface area (Å²) in [5.74, 6) is 3.26. The van der Waals surface area contributed by atoms with Gasteiger partial charge in [-0.05, 0) is 110 Å². The molecular weight excluding hydrogens is 1060 g/mol. The molecule has 3 heterocycles. The molecule has 2 aromatic heterocycles. The van der Waals surface area contributed by atoms with E-state index < -0.39 is 44.2 Å². The maximum Gasteiger partial charge on any atom is 0.259 e. The molecule has 1 N–H and O–H groups in total. The molecule has 8 aromatic rings. The molecule has 1 saturated heterocycles. The molecule has 1 unspecified atom stereocenters. The fraction of sp³-hybridized carbons (Fsp3) is 0.344. The second kappa shape index (κ2) is 27.5. The fourth-order valence-electron chi connectivity index (χ4n) is 10.7. The van der Waals surface area contributed by atoms with E-state index in [1.54, 1.807) is 41.9 Å². The topological polar surface area (TPSA) is 175 Å². The predicted octanol–water partition coefficient (Wildman–Crippen LogP) is 11.9. The van der Waals surface area contributed by atoms with Crippen LogP contribution in [0.3, 0.4) is 0 Å². The number of anilines is 1. The van der Waals surface area contributed by atoms with E-state index in [0.29, 0.717) is 40.0 Å². The van der Waals surface area contributed by atoms with Crippen LogP contribution < -0.4 is 24.3 Å². The molecule has 6 aromatic carbocycles. The van der Waals surface area contributed by atoms with E-state index >= 15 is 0 Å². The first-order valence-corrected chi connectivity index (χ1v) is 28.5. The van der Waals surface area contributed by atoms with Gasteiger partial charge in [-0.2, -0.15) is 5.26 Å². The lowest BCUT2D eigenvalue weighted by Gasteiger charge is -2.39. The first-order chi connectivity index (χ1) is 40.0. The number of rotatable bonds is 28. The van der Waals surface area contributed by atoms with Crippen molar-refractivity contribution >= 4 is 25.5 Å². The van der Waals surface area contributed by atoms with E-state index in [9.17, 15) is 5.26 Å². The Labute approximate surface area is 481 Å². The summed E-state index contributed by atoms with van der Waals surface area (Å²) in [6, 6.07) is 54.3. The van der Waals surface area contributed by atoms with Crippen LogP contribution in [-0.4, -0.2) is 117 Å². The van der Waals surface area contributed by atoms with Gasteiger partial charge < -0.3 is 52.3 Å². The molecule has 0 amide bonds. The Balaban J connectivity index is 1.20. The summed E-state index contributed by atoms with van der Waals surface area (Å²) in [7, 11) is 6.37. The predicted molar refractivity (Wildman–Crippen MR) is 315 cm³/mol. The number of methoxy groups -OCH3 is 5. The van der Waals surface area contributed by atoms with Crippen LogP contribution in [0.25, 0.3) is 11.2 Å². The van der Waals surface area contributed by atoms with Gasteiger partial charge >= 0.3 is 0 Å². The number of hydrogen-bond donors (Lipinski definition) is 1. The van der Waals surface area contributed by atoms with Crippen molar-refractivity contribution in [1.82, 2.24) is 24.2 Å². The van der Waals surface area contributed by atoms with Gasteiger partial charge in [0.05, 0.1) is 73.7 Å². The van der Waals surface area contributed by atoms with E-state index in [1.165, 1.54) is 6.33 Å². The van der Waals surface area contributed by atoms with Gasteiger partial charge in [0.15, 0.2) is 23.2 Å². The normalized spacial score (nSPS) is 16.8. The van der Waals surface area contributed by atoms with Gasteiger partial charge in [-0.3, -0.25) is 4.57 Å². The van der Waals surface area contributed by atoms with Crippen LogP contribution >= 0.6 is 8.53 Å². The molecule has 1 fully saturated rings. The Morgan fingerprint density at radius 1 is 0.610 bits per heavy atom. The summed E-state index contributed by atoms with van der Waals surface area (Å²) in [4.78, 5) is 15.0. The van der Waals surface area contributed by atoms with Gasteiger partial charge in [-0.15, -0.1) is 0 Å². The molecule has 5 atom stereocenters. The maximum atomic E-state index is 9.74. The summed E-state index contributed by atoms with van der Waals surface area (Å²) < 4.78 is 68.3. The SMILES string of the molecule is COCCO[C@@H]1[C@H](OP(OCCC#N)N(C(C)C)C(C)C)[C@@H](COC(c2ccccc2)(c2ccc(OC)cc2)c2ccc(OC)cc2)O[C@H]1n1cnc2c(NC(c3ccccc3)(c3ccc(OC)cc3)c3ccc(OC)cc3)ncnc21. The van der Waals surface area contributed by atoms with Crippen molar-refractivity contribution in [3.05, 3.63) is 204 Å². The number of imidazole rings is 1. The average molecular weight is 1130 g/mol. The minimum Gasteiger partial charge on any atom is -0.497 e. The van der Waals surface area contributed by atoms with E-state index in [0.717, 1.165) is 33.4 Å². The number of benzene rings is 6. The minimum atomic E-state index is -1.85. The molecule has 82 heavy (non-hydrogen) atoms. The summed E-state index contributed by atoms with van der Waals surface area (Å²) in [6.45, 7) is 8.99. The van der Waals surface area contributed by atoms with Gasteiger partial charge in [0.1, 0.15) is 58.8 Å². The molecule has 428 valence electrons. The molecule has 17 nitrogen and oxygen atoms in total. The van der Waals surface area contributed by atoms with Crippen LogP contribution in [-0.2, 0) is 39.1 Å². The molecule has 0 bridgehead atoms. The highest BCUT2D eigenvalue weighted by Crippen LogP contribution is 2.52. The third-order valence-corrected chi connectivity index (χ3v) is 16.7. The Morgan fingerprint density at radius 2 is 1.10 bits per heavy atom. The lowest BCUT2D eigenvalue weighted by molar-refractivity contribution is -0.0966. The Kier molecular flexibility index (Phi) is 19.8. The maximum absolute atomic E-state index is 9.74. The van der Waals surface area contributed by atoms with Gasteiger partial charge in [0, 0.05) is 19.2 Å². The first-order valence-electron chi connectivity index (χ1n) is 27.3. The van der Waals surface area contributed by atoms with Crippen LogP contribution in [0.15, 0.2) is 170 Å². The van der Waals surface area contributed by atoms with Gasteiger partial charge in [-0.25, -0.2) is 19.6 Å². The smallest absolute Gasteiger partial charge is 0.259 e. The minimum absolute atomic E-state index is 0.0104. The summed E-state index contributed by atoms with van der Waals surface area (Å²) in [5, 5.41) is 13.7. The molecule has 18 heteroatoms. The highest BCUT2D eigenvalue weighted by atomic mass is 31.2. The van der Waals surface area contributed by atoms with E-state index in [-0.39, 0.29) is 44.9 Å². The second-order valence-electron chi connectivity index (χ2n) is 20.1. The second-order valence-corrected chi connectivity index (χ2v) is 21.5. The summed E-state index contributed by atoms with van der Waals surface area (Å²) >= 11 is 0. The van der Waals surface area contributed by atoms with Crippen LogP contribution in [0.1, 0.15) is 73.7 Å². The van der Waals surface area contributed by atoms with E-state index in [2.05, 4.69) is 68.0 Å². The van der Waals surface area contributed by atoms with Crippen molar-refractivity contribution in [2.24, 2.45) is 0 Å². The highest BCUT2D eigenvalue weighted by molar-refractivity contribution is 7.44. The quantitative estimate of drug-likeness (QED) is 0.0278. The molecule has 1 aliphatic heterocycles. The van der Waals surface area contributed by atoms with Crippen molar-refractivity contribution in [2.45, 2.75) is 81.9 Å². The van der Waals surface area contributed by atoms with Crippen molar-refractivity contribution in [2.75, 3.05) is 67.3 Å². The van der Waals surface area contributed by atoms with Gasteiger partial charge in [-0.1, -0.05) is 109 Å². The zero-order chi connectivity index (χ0) is 57.6. The third kappa shape index (κ3) is 12.5. The Hall–Kier alpha value is -7.49. The Bertz CT molecular complexity index is 3190. The van der Waals surface area contributed by atoms with Crippen LogP contribution in [0.2, 0.25) is 0 Å². The van der Waals surface area contributed by atoms with Crippen LogP contribution in [0, 0.1) is 11.3 Å². The molecule has 0 radical (unpaired) electrons.